The molecule has 2 rings (SSSR count). The highest BCUT2D eigenvalue weighted by atomic mass is 16.4. The molecule has 0 aliphatic rings. The Bertz CT molecular complexity index is 663. The number of benzene rings is 1. The van der Waals surface area contributed by atoms with Crippen LogP contribution in [-0.4, -0.2) is 23.5 Å². The van der Waals surface area contributed by atoms with Crippen LogP contribution in [0.4, 0.5) is 5.69 Å². The third-order valence-electron chi connectivity index (χ3n) is 3.09. The zero-order chi connectivity index (χ0) is 16.2. The highest BCUT2D eigenvalue weighted by molar-refractivity contribution is 5.96. The van der Waals surface area contributed by atoms with E-state index in [0.29, 0.717) is 17.0 Å². The van der Waals surface area contributed by atoms with Gasteiger partial charge in [-0.05, 0) is 37.3 Å². The number of aliphatic hydroxyl groups is 1. The molecule has 0 aliphatic carbocycles. The van der Waals surface area contributed by atoms with Crippen molar-refractivity contribution in [2.45, 2.75) is 19.4 Å². The van der Waals surface area contributed by atoms with Crippen LogP contribution in [0.1, 0.15) is 30.0 Å². The van der Waals surface area contributed by atoms with Gasteiger partial charge in [0.15, 0.2) is 0 Å². The Hall–Kier alpha value is -2.60. The summed E-state index contributed by atoms with van der Waals surface area (Å²) < 4.78 is 5.15. The van der Waals surface area contributed by atoms with E-state index in [2.05, 4.69) is 10.6 Å². The summed E-state index contributed by atoms with van der Waals surface area (Å²) in [5.74, 6) is -0.183. The van der Waals surface area contributed by atoms with Gasteiger partial charge in [-0.15, -0.1) is 0 Å². The van der Waals surface area contributed by atoms with Crippen molar-refractivity contribution >= 4 is 17.5 Å². The van der Waals surface area contributed by atoms with Crippen LogP contribution in [0.25, 0.3) is 0 Å². The number of anilines is 1. The number of furan rings is 1. The number of carbonyl (C=O) groups excluding carboxylic acids is 2. The van der Waals surface area contributed by atoms with Crippen molar-refractivity contribution in [2.75, 3.05) is 11.9 Å². The molecule has 1 aromatic heterocycles. The van der Waals surface area contributed by atoms with Crippen LogP contribution in [-0.2, 0) is 10.4 Å². The Morgan fingerprint density at radius 2 is 2.05 bits per heavy atom. The van der Waals surface area contributed by atoms with E-state index in [1.165, 1.54) is 13.2 Å². The van der Waals surface area contributed by atoms with Gasteiger partial charge in [-0.25, -0.2) is 0 Å². The zero-order valence-electron chi connectivity index (χ0n) is 12.4. The molecule has 0 spiro atoms. The molecule has 0 bridgehead atoms. The fraction of sp³-hybridized carbons (Fsp3) is 0.250. The highest BCUT2D eigenvalue weighted by Crippen LogP contribution is 2.20. The first kappa shape index (κ1) is 15.8. The summed E-state index contributed by atoms with van der Waals surface area (Å²) in [5, 5.41) is 15.5. The van der Waals surface area contributed by atoms with Crippen LogP contribution in [0, 0.1) is 0 Å². The molecule has 0 saturated carbocycles. The summed E-state index contributed by atoms with van der Waals surface area (Å²) in [7, 11) is 0. The van der Waals surface area contributed by atoms with Gasteiger partial charge in [-0.1, -0.05) is 6.07 Å². The Morgan fingerprint density at radius 3 is 2.68 bits per heavy atom. The first-order valence-electron chi connectivity index (χ1n) is 6.81. The van der Waals surface area contributed by atoms with Crippen molar-refractivity contribution in [3.05, 3.63) is 54.0 Å². The molecular formula is C16H18N2O4. The van der Waals surface area contributed by atoms with Crippen molar-refractivity contribution < 1.29 is 19.1 Å². The minimum Gasteiger partial charge on any atom is -0.466 e. The van der Waals surface area contributed by atoms with Gasteiger partial charge < -0.3 is 20.2 Å². The van der Waals surface area contributed by atoms with Crippen LogP contribution < -0.4 is 10.6 Å². The third-order valence-corrected chi connectivity index (χ3v) is 3.09. The van der Waals surface area contributed by atoms with Crippen molar-refractivity contribution in [1.29, 1.82) is 0 Å². The molecule has 1 heterocycles. The molecule has 1 unspecified atom stereocenters. The van der Waals surface area contributed by atoms with Gasteiger partial charge in [0.1, 0.15) is 11.4 Å². The molecule has 2 amide bonds. The maximum absolute atomic E-state index is 12.1. The molecule has 0 fully saturated rings. The molecule has 2 aromatic rings. The van der Waals surface area contributed by atoms with E-state index in [9.17, 15) is 14.7 Å². The molecule has 6 heteroatoms. The van der Waals surface area contributed by atoms with Crippen molar-refractivity contribution in [3.63, 3.8) is 0 Å². The van der Waals surface area contributed by atoms with E-state index in [0.717, 1.165) is 0 Å². The van der Waals surface area contributed by atoms with Crippen LogP contribution in [0.2, 0.25) is 0 Å². The lowest BCUT2D eigenvalue weighted by atomic mass is 10.0. The minimum atomic E-state index is -1.30. The van der Waals surface area contributed by atoms with E-state index in [1.807, 2.05) is 0 Å². The van der Waals surface area contributed by atoms with Crippen LogP contribution >= 0.6 is 0 Å². The number of carbonyl (C=O) groups is 2. The fourth-order valence-corrected chi connectivity index (χ4v) is 1.97. The number of amides is 2. The summed E-state index contributed by atoms with van der Waals surface area (Å²) in [5.41, 5.74) is -0.367. The Kier molecular flexibility index (Phi) is 4.62. The molecule has 1 aromatic carbocycles. The molecule has 116 valence electrons. The largest absolute Gasteiger partial charge is 0.466 e. The van der Waals surface area contributed by atoms with E-state index in [-0.39, 0.29) is 18.4 Å². The average Bonchev–Trinajstić information content (AvgIpc) is 2.99. The van der Waals surface area contributed by atoms with E-state index in [4.69, 9.17) is 4.42 Å². The minimum absolute atomic E-state index is 0.00368. The van der Waals surface area contributed by atoms with Gasteiger partial charge in [0.25, 0.3) is 5.91 Å². The Balaban J connectivity index is 2.02. The van der Waals surface area contributed by atoms with Crippen molar-refractivity contribution in [3.8, 4) is 0 Å². The SMILES string of the molecule is CC(=O)Nc1cccc(C(=O)NCC(C)(O)c2ccco2)c1. The lowest BCUT2D eigenvalue weighted by Crippen LogP contribution is -2.38. The summed E-state index contributed by atoms with van der Waals surface area (Å²) >= 11 is 0. The molecule has 6 nitrogen and oxygen atoms in total. The maximum atomic E-state index is 12.1. The highest BCUT2D eigenvalue weighted by Gasteiger charge is 2.26. The van der Waals surface area contributed by atoms with Crippen LogP contribution in [0.5, 0.6) is 0 Å². The van der Waals surface area contributed by atoms with E-state index in [1.54, 1.807) is 43.3 Å². The van der Waals surface area contributed by atoms with Crippen molar-refractivity contribution in [2.24, 2.45) is 0 Å². The van der Waals surface area contributed by atoms with Gasteiger partial charge in [0, 0.05) is 18.2 Å². The second kappa shape index (κ2) is 6.44. The lowest BCUT2D eigenvalue weighted by molar-refractivity contribution is -0.114. The predicted octanol–water partition coefficient (Wildman–Crippen LogP) is 1.88. The number of hydrogen-bond donors (Lipinski definition) is 3. The molecule has 0 radical (unpaired) electrons. The predicted molar refractivity (Wildman–Crippen MR) is 81.4 cm³/mol. The van der Waals surface area contributed by atoms with Crippen LogP contribution in [0.15, 0.2) is 47.1 Å². The van der Waals surface area contributed by atoms with Crippen molar-refractivity contribution in [1.82, 2.24) is 5.32 Å². The summed E-state index contributed by atoms with van der Waals surface area (Å²) in [6.07, 6.45) is 1.46. The van der Waals surface area contributed by atoms with Gasteiger partial charge in [0.05, 0.1) is 12.8 Å². The van der Waals surface area contributed by atoms with E-state index >= 15 is 0 Å². The third kappa shape index (κ3) is 3.95. The first-order valence-corrected chi connectivity index (χ1v) is 6.81. The van der Waals surface area contributed by atoms with Gasteiger partial charge >= 0.3 is 0 Å². The van der Waals surface area contributed by atoms with Gasteiger partial charge in [0.2, 0.25) is 5.91 Å². The smallest absolute Gasteiger partial charge is 0.251 e. The summed E-state index contributed by atoms with van der Waals surface area (Å²) in [4.78, 5) is 23.2. The second-order valence-corrected chi connectivity index (χ2v) is 5.20. The topological polar surface area (TPSA) is 91.6 Å². The molecule has 1 atom stereocenters. The number of nitrogens with one attached hydrogen (secondary N) is 2. The number of rotatable bonds is 5. The maximum Gasteiger partial charge on any atom is 0.251 e. The summed E-state index contributed by atoms with van der Waals surface area (Å²) in [6.45, 7) is 2.96. The molecular weight excluding hydrogens is 284 g/mol. The molecule has 3 N–H and O–H groups in total. The quantitative estimate of drug-likeness (QED) is 0.786. The number of hydrogen-bond acceptors (Lipinski definition) is 4. The Labute approximate surface area is 128 Å². The Morgan fingerprint density at radius 1 is 1.27 bits per heavy atom. The standard InChI is InChI=1S/C16H18N2O4/c1-11(19)18-13-6-3-5-12(9-13)15(20)17-10-16(2,21)14-7-4-8-22-14/h3-9,21H,10H2,1-2H3,(H,17,20)(H,18,19). The summed E-state index contributed by atoms with van der Waals surface area (Å²) in [6, 6.07) is 9.87. The van der Waals surface area contributed by atoms with E-state index < -0.39 is 5.60 Å². The normalized spacial score (nSPS) is 13.2. The van der Waals surface area contributed by atoms with Gasteiger partial charge in [-0.3, -0.25) is 9.59 Å². The monoisotopic (exact) mass is 302 g/mol. The average molecular weight is 302 g/mol. The molecule has 0 aliphatic heterocycles. The molecule has 22 heavy (non-hydrogen) atoms. The van der Waals surface area contributed by atoms with Gasteiger partial charge in [-0.2, -0.15) is 0 Å². The fourth-order valence-electron chi connectivity index (χ4n) is 1.97. The second-order valence-electron chi connectivity index (χ2n) is 5.20. The first-order chi connectivity index (χ1) is 10.4. The van der Waals surface area contributed by atoms with Crippen LogP contribution in [0.3, 0.4) is 0 Å². The lowest BCUT2D eigenvalue weighted by Gasteiger charge is -2.21. The molecule has 0 saturated heterocycles. The zero-order valence-corrected chi connectivity index (χ0v) is 12.4.